The summed E-state index contributed by atoms with van der Waals surface area (Å²) in [6.45, 7) is 1.21. The fourth-order valence-electron chi connectivity index (χ4n) is 1.48. The molecule has 0 aromatic heterocycles. The molecule has 1 aromatic rings. The molecular weight excluding hydrogens is 296 g/mol. The molecular formula is C13H20N2O5S. The third-order valence-corrected chi connectivity index (χ3v) is 4.41. The van der Waals surface area contributed by atoms with Crippen molar-refractivity contribution in [3.8, 4) is 5.75 Å². The first-order valence-electron chi connectivity index (χ1n) is 6.19. The molecule has 0 saturated heterocycles. The highest BCUT2D eigenvalue weighted by Crippen LogP contribution is 2.15. The maximum atomic E-state index is 11.9. The number of nitrogens with zero attached hydrogens (tertiary/aromatic N) is 1. The van der Waals surface area contributed by atoms with E-state index in [2.05, 4.69) is 9.46 Å². The summed E-state index contributed by atoms with van der Waals surface area (Å²) in [4.78, 5) is 11.9. The van der Waals surface area contributed by atoms with Gasteiger partial charge in [0.15, 0.2) is 5.54 Å². The quantitative estimate of drug-likeness (QED) is 0.736. The van der Waals surface area contributed by atoms with E-state index in [0.717, 1.165) is 4.31 Å². The normalized spacial score (nSPS) is 14.5. The van der Waals surface area contributed by atoms with Gasteiger partial charge in [0.1, 0.15) is 12.4 Å². The molecule has 0 aliphatic rings. The number of carbonyl (C=O) groups is 1. The van der Waals surface area contributed by atoms with Crippen molar-refractivity contribution in [2.45, 2.75) is 12.5 Å². The maximum Gasteiger partial charge on any atom is 0.330 e. The summed E-state index contributed by atoms with van der Waals surface area (Å²) in [5.74, 6) is -0.208. The number of carbonyl (C=O) groups excluding carboxylic acids is 1. The Kier molecular flexibility index (Phi) is 5.70. The van der Waals surface area contributed by atoms with Crippen molar-refractivity contribution in [3.63, 3.8) is 0 Å². The van der Waals surface area contributed by atoms with Crippen LogP contribution in [0.5, 0.6) is 5.75 Å². The van der Waals surface area contributed by atoms with Gasteiger partial charge in [0.2, 0.25) is 0 Å². The van der Waals surface area contributed by atoms with Crippen molar-refractivity contribution in [1.82, 2.24) is 9.03 Å². The SMILES string of the molecule is COC(=O)[C@@](C)(COc1ccccc1)NS(=O)(=O)N(C)C. The Labute approximate surface area is 125 Å². The highest BCUT2D eigenvalue weighted by atomic mass is 32.2. The fourth-order valence-corrected chi connectivity index (χ4v) is 2.37. The Morgan fingerprint density at radius 1 is 1.29 bits per heavy atom. The molecule has 0 amide bonds. The van der Waals surface area contributed by atoms with E-state index < -0.39 is 21.7 Å². The average molecular weight is 316 g/mol. The van der Waals surface area contributed by atoms with Gasteiger partial charge in [0.05, 0.1) is 7.11 Å². The van der Waals surface area contributed by atoms with Crippen LogP contribution >= 0.6 is 0 Å². The van der Waals surface area contributed by atoms with Crippen LogP contribution in [0, 0.1) is 0 Å². The van der Waals surface area contributed by atoms with Gasteiger partial charge in [-0.05, 0) is 19.1 Å². The third kappa shape index (κ3) is 4.69. The summed E-state index contributed by atoms with van der Waals surface area (Å²) in [6.07, 6.45) is 0. The second-order valence-electron chi connectivity index (χ2n) is 4.81. The predicted octanol–water partition coefficient (Wildman–Crippen LogP) is 0.393. The molecule has 1 atom stereocenters. The summed E-state index contributed by atoms with van der Waals surface area (Å²) in [5.41, 5.74) is -1.53. The Morgan fingerprint density at radius 3 is 2.33 bits per heavy atom. The Hall–Kier alpha value is -1.64. The zero-order chi connectivity index (χ0) is 16.1. The van der Waals surface area contributed by atoms with Crippen LogP contribution in [0.2, 0.25) is 0 Å². The van der Waals surface area contributed by atoms with E-state index >= 15 is 0 Å². The molecule has 0 spiro atoms. The van der Waals surface area contributed by atoms with Gasteiger partial charge in [-0.1, -0.05) is 18.2 Å². The molecule has 0 unspecified atom stereocenters. The van der Waals surface area contributed by atoms with E-state index in [1.807, 2.05) is 6.07 Å². The highest BCUT2D eigenvalue weighted by molar-refractivity contribution is 7.87. The minimum atomic E-state index is -3.81. The number of methoxy groups -OCH3 is 1. The first kappa shape index (κ1) is 17.4. The molecule has 0 radical (unpaired) electrons. The Morgan fingerprint density at radius 2 is 1.86 bits per heavy atom. The van der Waals surface area contributed by atoms with E-state index in [1.54, 1.807) is 24.3 Å². The molecule has 0 aliphatic heterocycles. The molecule has 1 N–H and O–H groups in total. The number of esters is 1. The third-order valence-electron chi connectivity index (χ3n) is 2.74. The van der Waals surface area contributed by atoms with Gasteiger partial charge in [0.25, 0.3) is 10.2 Å². The van der Waals surface area contributed by atoms with Gasteiger partial charge in [-0.15, -0.1) is 0 Å². The summed E-state index contributed by atoms with van der Waals surface area (Å²) < 4.78 is 37.3. The van der Waals surface area contributed by atoms with Gasteiger partial charge in [0, 0.05) is 14.1 Å². The van der Waals surface area contributed by atoms with E-state index in [1.165, 1.54) is 28.1 Å². The van der Waals surface area contributed by atoms with Crippen molar-refractivity contribution < 1.29 is 22.7 Å². The van der Waals surface area contributed by atoms with Crippen molar-refractivity contribution in [2.75, 3.05) is 27.8 Å². The van der Waals surface area contributed by atoms with Crippen LogP contribution < -0.4 is 9.46 Å². The van der Waals surface area contributed by atoms with E-state index in [-0.39, 0.29) is 6.61 Å². The van der Waals surface area contributed by atoms with Crippen LogP contribution in [0.25, 0.3) is 0 Å². The summed E-state index contributed by atoms with van der Waals surface area (Å²) in [7, 11) is 0.0931. The van der Waals surface area contributed by atoms with Crippen LogP contribution in [-0.4, -0.2) is 52.0 Å². The molecule has 8 heteroatoms. The average Bonchev–Trinajstić information content (AvgIpc) is 2.44. The smallest absolute Gasteiger partial charge is 0.330 e. The molecule has 118 valence electrons. The van der Waals surface area contributed by atoms with Crippen molar-refractivity contribution in [1.29, 1.82) is 0 Å². The Bertz CT molecular complexity index is 573. The lowest BCUT2D eigenvalue weighted by Crippen LogP contribution is -2.58. The van der Waals surface area contributed by atoms with Crippen LogP contribution in [0.3, 0.4) is 0 Å². The second-order valence-corrected chi connectivity index (χ2v) is 6.70. The minimum absolute atomic E-state index is 0.198. The first-order chi connectivity index (χ1) is 9.71. The zero-order valence-electron chi connectivity index (χ0n) is 12.5. The minimum Gasteiger partial charge on any atom is -0.491 e. The van der Waals surface area contributed by atoms with Gasteiger partial charge in [-0.25, -0.2) is 4.79 Å². The molecule has 0 fully saturated rings. The largest absolute Gasteiger partial charge is 0.491 e. The summed E-state index contributed by atoms with van der Waals surface area (Å²) in [6, 6.07) is 8.78. The molecule has 7 nitrogen and oxygen atoms in total. The van der Waals surface area contributed by atoms with E-state index in [0.29, 0.717) is 5.75 Å². The van der Waals surface area contributed by atoms with Crippen LogP contribution in [0.1, 0.15) is 6.92 Å². The van der Waals surface area contributed by atoms with Gasteiger partial charge >= 0.3 is 5.97 Å². The van der Waals surface area contributed by atoms with Crippen molar-refractivity contribution in [3.05, 3.63) is 30.3 Å². The van der Waals surface area contributed by atoms with E-state index in [9.17, 15) is 13.2 Å². The lowest BCUT2D eigenvalue weighted by atomic mass is 10.1. The van der Waals surface area contributed by atoms with Gasteiger partial charge in [-0.3, -0.25) is 0 Å². The molecule has 1 rings (SSSR count). The van der Waals surface area contributed by atoms with E-state index in [4.69, 9.17) is 4.74 Å². The van der Waals surface area contributed by atoms with Crippen LogP contribution in [0.15, 0.2) is 30.3 Å². The van der Waals surface area contributed by atoms with Crippen molar-refractivity contribution in [2.24, 2.45) is 0 Å². The predicted molar refractivity (Wildman–Crippen MR) is 78.1 cm³/mol. The van der Waals surface area contributed by atoms with Crippen LogP contribution in [-0.2, 0) is 19.7 Å². The molecule has 21 heavy (non-hydrogen) atoms. The number of para-hydroxylation sites is 1. The lowest BCUT2D eigenvalue weighted by Gasteiger charge is -2.28. The van der Waals surface area contributed by atoms with Gasteiger partial charge in [-0.2, -0.15) is 17.4 Å². The topological polar surface area (TPSA) is 84.9 Å². The number of hydrogen-bond donors (Lipinski definition) is 1. The number of ether oxygens (including phenoxy) is 2. The standard InChI is InChI=1S/C13H20N2O5S/c1-13(12(16)19-4,14-21(17,18)15(2)3)10-20-11-8-6-5-7-9-11/h5-9,14H,10H2,1-4H3/t13-/m1/s1. The summed E-state index contributed by atoms with van der Waals surface area (Å²) >= 11 is 0. The Balaban J connectivity index is 2.92. The number of rotatable bonds is 7. The number of hydrogen-bond acceptors (Lipinski definition) is 5. The maximum absolute atomic E-state index is 11.9. The molecule has 0 bridgehead atoms. The lowest BCUT2D eigenvalue weighted by molar-refractivity contribution is -0.148. The molecule has 0 saturated carbocycles. The first-order valence-corrected chi connectivity index (χ1v) is 7.63. The van der Waals surface area contributed by atoms with Gasteiger partial charge < -0.3 is 9.47 Å². The van der Waals surface area contributed by atoms with Crippen LogP contribution in [0.4, 0.5) is 0 Å². The molecule has 1 aromatic carbocycles. The fraction of sp³-hybridized carbons (Fsp3) is 0.462. The number of benzene rings is 1. The number of nitrogens with one attached hydrogen (secondary N) is 1. The highest BCUT2D eigenvalue weighted by Gasteiger charge is 2.40. The van der Waals surface area contributed by atoms with Crippen molar-refractivity contribution >= 4 is 16.2 Å². The summed E-state index contributed by atoms with van der Waals surface area (Å²) in [5, 5.41) is 0. The molecule has 0 aliphatic carbocycles. The second kappa shape index (κ2) is 6.88. The monoisotopic (exact) mass is 316 g/mol. The zero-order valence-corrected chi connectivity index (χ0v) is 13.3. The molecule has 0 heterocycles.